The molecule has 1 N–H and O–H groups in total. The zero-order chi connectivity index (χ0) is 19.9. The molecule has 0 saturated carbocycles. The van der Waals surface area contributed by atoms with Gasteiger partial charge in [0.25, 0.3) is 0 Å². The molecule has 0 radical (unpaired) electrons. The largest absolute Gasteiger partial charge is 0.481 e. The molecule has 1 rings (SSSR count). The lowest BCUT2D eigenvalue weighted by atomic mass is 9.89. The third-order valence-electron chi connectivity index (χ3n) is 5.19. The number of hydrogen-bond donors (Lipinski definition) is 1. The molecule has 27 heavy (non-hydrogen) atoms. The summed E-state index contributed by atoms with van der Waals surface area (Å²) in [6.45, 7) is 6.19. The monoisotopic (exact) mass is 372 g/mol. The van der Waals surface area contributed by atoms with Crippen LogP contribution in [0.4, 0.5) is 0 Å². The maximum absolute atomic E-state index is 12.1. The predicted molar refractivity (Wildman–Crippen MR) is 113 cm³/mol. The maximum atomic E-state index is 12.1. The van der Waals surface area contributed by atoms with Crippen LogP contribution in [-0.4, -0.2) is 16.9 Å². The highest BCUT2D eigenvalue weighted by Gasteiger charge is 2.26. The Morgan fingerprint density at radius 2 is 2.04 bits per heavy atom. The average Bonchev–Trinajstić information content (AvgIpc) is 2.99. The van der Waals surface area contributed by atoms with E-state index in [1.54, 1.807) is 6.08 Å². The third-order valence-corrected chi connectivity index (χ3v) is 5.19. The number of carboxylic acid groups (broad SMARTS) is 1. The van der Waals surface area contributed by atoms with Crippen LogP contribution in [0.15, 0.2) is 49.1 Å². The second-order valence-electron chi connectivity index (χ2n) is 7.45. The zero-order valence-electron chi connectivity index (χ0n) is 16.8. The van der Waals surface area contributed by atoms with Crippen LogP contribution in [0.5, 0.6) is 0 Å². The molecule has 0 bridgehead atoms. The minimum absolute atomic E-state index is 0.0105. The summed E-state index contributed by atoms with van der Waals surface area (Å²) in [5.74, 6) is 0.119. The standard InChI is InChI=1S/C24H36O3/c1-3-5-6-9-13-20(4-2)14-12-15-21-18-19-23(25)22(21)16-10-7-8-11-17-24(26)27/h4,7,10,12,15,18-22H,2-3,5-6,8-9,11,13-14,16-17H2,1H3,(H,26,27)/t20?,21-,22+/m0/s1. The Balaban J connectivity index is 2.38. The van der Waals surface area contributed by atoms with E-state index in [4.69, 9.17) is 5.11 Å². The number of aliphatic carboxylic acids is 1. The fraction of sp³-hybridized carbons (Fsp3) is 0.583. The molecule has 0 saturated heterocycles. The molecule has 0 aromatic rings. The first-order valence-corrected chi connectivity index (χ1v) is 10.5. The van der Waals surface area contributed by atoms with Crippen molar-refractivity contribution in [2.75, 3.05) is 0 Å². The maximum Gasteiger partial charge on any atom is 0.303 e. The zero-order valence-corrected chi connectivity index (χ0v) is 16.8. The van der Waals surface area contributed by atoms with Gasteiger partial charge in [-0.15, -0.1) is 6.58 Å². The highest BCUT2D eigenvalue weighted by molar-refractivity contribution is 5.95. The van der Waals surface area contributed by atoms with E-state index in [9.17, 15) is 9.59 Å². The summed E-state index contributed by atoms with van der Waals surface area (Å²) in [6.07, 6.45) is 23.8. The molecule has 0 spiro atoms. The molecule has 0 aromatic carbocycles. The number of carboxylic acids is 1. The molecule has 0 aliphatic heterocycles. The summed E-state index contributed by atoms with van der Waals surface area (Å²) >= 11 is 0. The van der Waals surface area contributed by atoms with E-state index in [0.29, 0.717) is 12.3 Å². The number of carbonyl (C=O) groups is 2. The van der Waals surface area contributed by atoms with Gasteiger partial charge in [-0.3, -0.25) is 9.59 Å². The molecule has 0 heterocycles. The van der Waals surface area contributed by atoms with Crippen molar-refractivity contribution in [2.45, 2.75) is 71.1 Å². The summed E-state index contributed by atoms with van der Waals surface area (Å²) in [4.78, 5) is 22.6. The van der Waals surface area contributed by atoms with Gasteiger partial charge in [-0.05, 0) is 44.1 Å². The first-order chi connectivity index (χ1) is 13.1. The van der Waals surface area contributed by atoms with E-state index in [-0.39, 0.29) is 24.0 Å². The molecule has 0 fully saturated rings. The summed E-state index contributed by atoms with van der Waals surface area (Å²) in [7, 11) is 0. The van der Waals surface area contributed by atoms with Crippen molar-refractivity contribution in [1.29, 1.82) is 0 Å². The second kappa shape index (κ2) is 14.2. The molecule has 3 atom stereocenters. The van der Waals surface area contributed by atoms with Gasteiger partial charge in [0.1, 0.15) is 0 Å². The van der Waals surface area contributed by atoms with E-state index in [1.807, 2.05) is 18.2 Å². The van der Waals surface area contributed by atoms with Crippen LogP contribution in [0.2, 0.25) is 0 Å². The number of allylic oxidation sites excluding steroid dienone is 7. The Hall–Kier alpha value is -1.90. The minimum atomic E-state index is -0.757. The van der Waals surface area contributed by atoms with Crippen molar-refractivity contribution in [2.24, 2.45) is 17.8 Å². The topological polar surface area (TPSA) is 54.4 Å². The lowest BCUT2D eigenvalue weighted by Gasteiger charge is -2.14. The van der Waals surface area contributed by atoms with Crippen LogP contribution in [0, 0.1) is 17.8 Å². The Morgan fingerprint density at radius 3 is 2.74 bits per heavy atom. The fourth-order valence-electron chi connectivity index (χ4n) is 3.43. The summed E-state index contributed by atoms with van der Waals surface area (Å²) < 4.78 is 0. The summed E-state index contributed by atoms with van der Waals surface area (Å²) in [5.41, 5.74) is 0. The van der Waals surface area contributed by atoms with Gasteiger partial charge in [-0.2, -0.15) is 0 Å². The Morgan fingerprint density at radius 1 is 1.22 bits per heavy atom. The van der Waals surface area contributed by atoms with Gasteiger partial charge in [0, 0.05) is 18.3 Å². The Labute approximate surface area is 164 Å². The molecule has 3 nitrogen and oxygen atoms in total. The van der Waals surface area contributed by atoms with E-state index >= 15 is 0 Å². The first kappa shape index (κ1) is 23.1. The van der Waals surface area contributed by atoms with Gasteiger partial charge < -0.3 is 5.11 Å². The number of rotatable bonds is 15. The van der Waals surface area contributed by atoms with Crippen molar-refractivity contribution in [1.82, 2.24) is 0 Å². The SMILES string of the molecule is C=CC(CC=C[C@H]1C=CC(=O)[C@@H]1CC=CCCCC(=O)O)CCCCCC. The van der Waals surface area contributed by atoms with Crippen LogP contribution in [0.1, 0.15) is 71.1 Å². The minimum Gasteiger partial charge on any atom is -0.481 e. The van der Waals surface area contributed by atoms with E-state index in [1.165, 1.54) is 32.1 Å². The van der Waals surface area contributed by atoms with Crippen molar-refractivity contribution < 1.29 is 14.7 Å². The molecule has 0 aromatic heterocycles. The van der Waals surface area contributed by atoms with Crippen LogP contribution >= 0.6 is 0 Å². The van der Waals surface area contributed by atoms with Crippen LogP contribution < -0.4 is 0 Å². The first-order valence-electron chi connectivity index (χ1n) is 10.5. The normalized spacial score (nSPS) is 20.7. The highest BCUT2D eigenvalue weighted by Crippen LogP contribution is 2.28. The van der Waals surface area contributed by atoms with E-state index < -0.39 is 5.97 Å². The molecule has 1 aliphatic carbocycles. The van der Waals surface area contributed by atoms with Crippen molar-refractivity contribution in [3.05, 3.63) is 49.1 Å². The van der Waals surface area contributed by atoms with E-state index in [2.05, 4.69) is 31.7 Å². The fourth-order valence-corrected chi connectivity index (χ4v) is 3.43. The van der Waals surface area contributed by atoms with Gasteiger partial charge >= 0.3 is 5.97 Å². The summed E-state index contributed by atoms with van der Waals surface area (Å²) in [6, 6.07) is 0. The molecule has 1 unspecified atom stereocenters. The Kier molecular flexibility index (Phi) is 12.2. The molecule has 3 heteroatoms. The molecular weight excluding hydrogens is 336 g/mol. The van der Waals surface area contributed by atoms with Crippen LogP contribution in [0.25, 0.3) is 0 Å². The summed E-state index contributed by atoms with van der Waals surface area (Å²) in [5, 5.41) is 8.63. The van der Waals surface area contributed by atoms with Crippen LogP contribution in [-0.2, 0) is 9.59 Å². The number of carbonyl (C=O) groups excluding carboxylic acids is 1. The number of hydrogen-bond acceptors (Lipinski definition) is 2. The average molecular weight is 373 g/mol. The number of unbranched alkanes of at least 4 members (excludes halogenated alkanes) is 4. The highest BCUT2D eigenvalue weighted by atomic mass is 16.4. The molecule has 150 valence electrons. The van der Waals surface area contributed by atoms with Crippen LogP contribution in [0.3, 0.4) is 0 Å². The molecule has 0 amide bonds. The van der Waals surface area contributed by atoms with Crippen molar-refractivity contribution in [3.63, 3.8) is 0 Å². The van der Waals surface area contributed by atoms with Gasteiger partial charge in [0.2, 0.25) is 0 Å². The Bertz CT molecular complexity index is 542. The van der Waals surface area contributed by atoms with Gasteiger partial charge in [0.05, 0.1) is 0 Å². The van der Waals surface area contributed by atoms with Gasteiger partial charge in [-0.1, -0.05) is 69.1 Å². The van der Waals surface area contributed by atoms with E-state index in [0.717, 1.165) is 19.3 Å². The molecule has 1 aliphatic rings. The smallest absolute Gasteiger partial charge is 0.303 e. The predicted octanol–water partition coefficient (Wildman–Crippen LogP) is 6.28. The third kappa shape index (κ3) is 10.1. The molecular formula is C24H36O3. The number of ketones is 1. The van der Waals surface area contributed by atoms with Crippen molar-refractivity contribution >= 4 is 11.8 Å². The van der Waals surface area contributed by atoms with Crippen molar-refractivity contribution in [3.8, 4) is 0 Å². The second-order valence-corrected chi connectivity index (χ2v) is 7.45. The van der Waals surface area contributed by atoms with Gasteiger partial charge in [-0.25, -0.2) is 0 Å². The quantitative estimate of drug-likeness (QED) is 0.272. The van der Waals surface area contributed by atoms with Gasteiger partial charge in [0.15, 0.2) is 5.78 Å². The lowest BCUT2D eigenvalue weighted by molar-refractivity contribution is -0.137. The lowest BCUT2D eigenvalue weighted by Crippen LogP contribution is -2.13.